The lowest BCUT2D eigenvalue weighted by atomic mass is 10.1. The molecular formula is C32H27ClN4O6S. The van der Waals surface area contributed by atoms with Crippen LogP contribution in [0.4, 0.5) is 17.1 Å². The standard InChI is InChI=1S/C32H27ClN4O6S/c1-20(30(38)35-27-19-23(33)10-17-29(27)43-2)44-26-15-11-24(12-16-26)34-32(40)28(36-31(39)22-6-4-3-5-7-22)18-21-8-13-25(14-9-21)37(41)42/h3-20H,1-2H3,(H,34,40)(H,35,38)(H,36,39)/b28-18-. The molecule has 3 amide bonds. The fraction of sp³-hybridized carbons (Fsp3) is 0.0938. The number of hydrogen-bond acceptors (Lipinski definition) is 7. The predicted octanol–water partition coefficient (Wildman–Crippen LogP) is 6.79. The SMILES string of the molecule is COc1ccc(Cl)cc1NC(=O)C(C)Sc1ccc(NC(=O)/C(=C/c2ccc([N+](=O)[O-])cc2)NC(=O)c2ccccc2)cc1. The van der Waals surface area contributed by atoms with E-state index in [1.807, 2.05) is 0 Å². The summed E-state index contributed by atoms with van der Waals surface area (Å²) in [5.74, 6) is -0.857. The summed E-state index contributed by atoms with van der Waals surface area (Å²) in [7, 11) is 1.50. The molecule has 0 aliphatic carbocycles. The van der Waals surface area contributed by atoms with Gasteiger partial charge in [0.1, 0.15) is 11.4 Å². The minimum Gasteiger partial charge on any atom is -0.495 e. The van der Waals surface area contributed by atoms with Crippen LogP contribution in [0.2, 0.25) is 5.02 Å². The van der Waals surface area contributed by atoms with E-state index in [1.54, 1.807) is 79.7 Å². The fourth-order valence-corrected chi connectivity index (χ4v) is 4.93. The highest BCUT2D eigenvalue weighted by Gasteiger charge is 2.18. The number of benzene rings is 4. The molecule has 4 aromatic carbocycles. The predicted molar refractivity (Wildman–Crippen MR) is 172 cm³/mol. The van der Waals surface area contributed by atoms with Gasteiger partial charge in [0.25, 0.3) is 17.5 Å². The molecule has 12 heteroatoms. The van der Waals surface area contributed by atoms with E-state index in [0.29, 0.717) is 33.3 Å². The van der Waals surface area contributed by atoms with Crippen molar-refractivity contribution in [2.45, 2.75) is 17.1 Å². The Morgan fingerprint density at radius 1 is 0.932 bits per heavy atom. The van der Waals surface area contributed by atoms with Crippen molar-refractivity contribution in [3.05, 3.63) is 129 Å². The van der Waals surface area contributed by atoms with Gasteiger partial charge >= 0.3 is 0 Å². The van der Waals surface area contributed by atoms with Gasteiger partial charge in [0.05, 0.1) is 23.0 Å². The Balaban J connectivity index is 1.45. The fourth-order valence-electron chi connectivity index (χ4n) is 3.89. The smallest absolute Gasteiger partial charge is 0.272 e. The molecule has 0 aromatic heterocycles. The number of rotatable bonds is 11. The maximum absolute atomic E-state index is 13.3. The van der Waals surface area contributed by atoms with Gasteiger partial charge in [0, 0.05) is 33.3 Å². The van der Waals surface area contributed by atoms with E-state index >= 15 is 0 Å². The van der Waals surface area contributed by atoms with E-state index in [1.165, 1.54) is 49.2 Å². The van der Waals surface area contributed by atoms with Gasteiger partial charge in [0.2, 0.25) is 5.91 Å². The van der Waals surface area contributed by atoms with Crippen LogP contribution in [0, 0.1) is 10.1 Å². The van der Waals surface area contributed by atoms with Gasteiger partial charge in [0.15, 0.2) is 0 Å². The number of nitrogens with one attached hydrogen (secondary N) is 3. The second-order valence-electron chi connectivity index (χ2n) is 9.30. The molecule has 10 nitrogen and oxygen atoms in total. The molecular weight excluding hydrogens is 604 g/mol. The Bertz CT molecular complexity index is 1700. The molecule has 0 saturated carbocycles. The Morgan fingerprint density at radius 2 is 1.61 bits per heavy atom. The number of ether oxygens (including phenoxy) is 1. The number of nitro groups is 1. The number of amides is 3. The number of hydrogen-bond donors (Lipinski definition) is 3. The molecule has 0 spiro atoms. The van der Waals surface area contributed by atoms with Gasteiger partial charge in [-0.3, -0.25) is 24.5 Å². The summed E-state index contributed by atoms with van der Waals surface area (Å²) in [5.41, 5.74) is 1.58. The summed E-state index contributed by atoms with van der Waals surface area (Å²) in [6, 6.07) is 25.8. The van der Waals surface area contributed by atoms with Gasteiger partial charge in [-0.1, -0.05) is 29.8 Å². The summed E-state index contributed by atoms with van der Waals surface area (Å²) >= 11 is 7.38. The van der Waals surface area contributed by atoms with Crippen molar-refractivity contribution in [1.82, 2.24) is 5.32 Å². The molecule has 1 atom stereocenters. The van der Waals surface area contributed by atoms with Crippen LogP contribution in [-0.4, -0.2) is 35.0 Å². The molecule has 224 valence electrons. The molecule has 0 aliphatic heterocycles. The van der Waals surface area contributed by atoms with Crippen LogP contribution in [0.5, 0.6) is 5.75 Å². The first-order chi connectivity index (χ1) is 21.1. The number of carbonyl (C=O) groups is 3. The van der Waals surface area contributed by atoms with Gasteiger partial charge < -0.3 is 20.7 Å². The summed E-state index contributed by atoms with van der Waals surface area (Å²) in [6.45, 7) is 1.76. The quantitative estimate of drug-likeness (QED) is 0.0718. The van der Waals surface area contributed by atoms with Crippen molar-refractivity contribution < 1.29 is 24.0 Å². The number of nitro benzene ring substituents is 1. The number of thioether (sulfide) groups is 1. The summed E-state index contributed by atoms with van der Waals surface area (Å²) < 4.78 is 5.28. The Labute approximate surface area is 262 Å². The van der Waals surface area contributed by atoms with Crippen molar-refractivity contribution >= 4 is 64.2 Å². The topological polar surface area (TPSA) is 140 Å². The van der Waals surface area contributed by atoms with Crippen LogP contribution in [0.1, 0.15) is 22.8 Å². The van der Waals surface area contributed by atoms with Crippen LogP contribution in [-0.2, 0) is 9.59 Å². The number of halogens is 1. The molecule has 4 aromatic rings. The number of non-ortho nitro benzene ring substituents is 1. The number of anilines is 2. The van der Waals surface area contributed by atoms with E-state index < -0.39 is 22.0 Å². The zero-order chi connectivity index (χ0) is 31.6. The lowest BCUT2D eigenvalue weighted by Crippen LogP contribution is -2.30. The molecule has 0 fully saturated rings. The van der Waals surface area contributed by atoms with E-state index in [4.69, 9.17) is 16.3 Å². The minimum atomic E-state index is -0.601. The lowest BCUT2D eigenvalue weighted by Gasteiger charge is -2.15. The number of carbonyl (C=O) groups excluding carboxylic acids is 3. The maximum atomic E-state index is 13.3. The van der Waals surface area contributed by atoms with E-state index in [-0.39, 0.29) is 17.3 Å². The summed E-state index contributed by atoms with van der Waals surface area (Å²) in [4.78, 5) is 50.2. The molecule has 44 heavy (non-hydrogen) atoms. The van der Waals surface area contributed by atoms with Crippen molar-refractivity contribution in [2.24, 2.45) is 0 Å². The zero-order valence-corrected chi connectivity index (χ0v) is 25.1. The normalized spacial score (nSPS) is 11.7. The van der Waals surface area contributed by atoms with E-state index in [0.717, 1.165) is 4.90 Å². The summed E-state index contributed by atoms with van der Waals surface area (Å²) in [5, 5.41) is 19.2. The Morgan fingerprint density at radius 3 is 2.25 bits per heavy atom. The molecule has 0 radical (unpaired) electrons. The van der Waals surface area contributed by atoms with Crippen molar-refractivity contribution in [3.8, 4) is 5.75 Å². The summed E-state index contributed by atoms with van der Waals surface area (Å²) in [6.07, 6.45) is 1.43. The van der Waals surface area contributed by atoms with E-state index in [2.05, 4.69) is 16.0 Å². The Kier molecular flexibility index (Phi) is 10.7. The first kappa shape index (κ1) is 31.8. The molecule has 0 saturated heterocycles. The van der Waals surface area contributed by atoms with Gasteiger partial charge in [-0.2, -0.15) is 0 Å². The highest BCUT2D eigenvalue weighted by Crippen LogP contribution is 2.30. The monoisotopic (exact) mass is 630 g/mol. The molecule has 0 bridgehead atoms. The van der Waals surface area contributed by atoms with Crippen molar-refractivity contribution in [1.29, 1.82) is 0 Å². The minimum absolute atomic E-state index is 0.0621. The molecule has 0 heterocycles. The van der Waals surface area contributed by atoms with Gasteiger partial charge in [-0.15, -0.1) is 11.8 Å². The average Bonchev–Trinajstić information content (AvgIpc) is 3.02. The van der Waals surface area contributed by atoms with Gasteiger partial charge in [-0.25, -0.2) is 0 Å². The van der Waals surface area contributed by atoms with Crippen LogP contribution in [0.25, 0.3) is 6.08 Å². The van der Waals surface area contributed by atoms with Crippen molar-refractivity contribution in [3.63, 3.8) is 0 Å². The third-order valence-electron chi connectivity index (χ3n) is 6.16. The largest absolute Gasteiger partial charge is 0.495 e. The molecule has 4 rings (SSSR count). The zero-order valence-electron chi connectivity index (χ0n) is 23.6. The molecule has 1 unspecified atom stereocenters. The van der Waals surface area contributed by atoms with Crippen LogP contribution in [0.3, 0.4) is 0 Å². The molecule has 3 N–H and O–H groups in total. The average molecular weight is 631 g/mol. The van der Waals surface area contributed by atoms with Gasteiger partial charge in [-0.05, 0) is 85.3 Å². The Hall–Kier alpha value is -5.13. The highest BCUT2D eigenvalue weighted by molar-refractivity contribution is 8.00. The highest BCUT2D eigenvalue weighted by atomic mass is 35.5. The van der Waals surface area contributed by atoms with Crippen LogP contribution >= 0.6 is 23.4 Å². The third kappa shape index (κ3) is 8.69. The van der Waals surface area contributed by atoms with E-state index in [9.17, 15) is 24.5 Å². The lowest BCUT2D eigenvalue weighted by molar-refractivity contribution is -0.384. The second-order valence-corrected chi connectivity index (χ2v) is 11.1. The van der Waals surface area contributed by atoms with Crippen LogP contribution < -0.4 is 20.7 Å². The third-order valence-corrected chi connectivity index (χ3v) is 7.50. The maximum Gasteiger partial charge on any atom is 0.272 e. The second kappa shape index (κ2) is 14.9. The number of methoxy groups -OCH3 is 1. The van der Waals surface area contributed by atoms with Crippen molar-refractivity contribution in [2.75, 3.05) is 17.7 Å². The number of nitrogens with zero attached hydrogens (tertiary/aromatic N) is 1. The first-order valence-corrected chi connectivity index (χ1v) is 14.4. The molecule has 0 aliphatic rings. The first-order valence-electron chi connectivity index (χ1n) is 13.2. The van der Waals surface area contributed by atoms with Crippen LogP contribution in [0.15, 0.2) is 108 Å².